The monoisotopic (exact) mass is 283 g/mol. The highest BCUT2D eigenvalue weighted by molar-refractivity contribution is 6.06. The summed E-state index contributed by atoms with van der Waals surface area (Å²) in [6.07, 6.45) is 1.71. The third kappa shape index (κ3) is 2.08. The first-order valence-corrected chi connectivity index (χ1v) is 6.32. The van der Waals surface area contributed by atoms with Crippen molar-refractivity contribution in [2.45, 2.75) is 0 Å². The number of hydrogen-bond acceptors (Lipinski definition) is 3. The first-order chi connectivity index (χ1) is 10.1. The standard InChI is InChI=1S/C16H13NO4/c1-21-12-7-5-11(6-8-12)17-9-10-3-2-4-13(16(19)20)14(10)15(17)18/h2-9,18H,1H3,(H,19,20). The van der Waals surface area contributed by atoms with Crippen molar-refractivity contribution >= 4 is 16.7 Å². The van der Waals surface area contributed by atoms with Gasteiger partial charge in [0, 0.05) is 17.3 Å². The summed E-state index contributed by atoms with van der Waals surface area (Å²) in [5.74, 6) is -0.447. The maximum atomic E-state index is 11.3. The molecule has 0 spiro atoms. The Hall–Kier alpha value is -2.95. The number of methoxy groups -OCH3 is 1. The van der Waals surface area contributed by atoms with E-state index in [1.807, 2.05) is 0 Å². The van der Waals surface area contributed by atoms with Gasteiger partial charge in [-0.25, -0.2) is 4.79 Å². The number of carboxylic acids is 1. The van der Waals surface area contributed by atoms with Crippen molar-refractivity contribution in [1.29, 1.82) is 0 Å². The van der Waals surface area contributed by atoms with Crippen LogP contribution in [0.4, 0.5) is 0 Å². The van der Waals surface area contributed by atoms with Gasteiger partial charge in [0.25, 0.3) is 0 Å². The Balaban J connectivity index is 2.21. The van der Waals surface area contributed by atoms with Crippen LogP contribution in [0.5, 0.6) is 11.6 Å². The van der Waals surface area contributed by atoms with Crippen molar-refractivity contribution in [2.24, 2.45) is 0 Å². The normalized spacial score (nSPS) is 10.7. The van der Waals surface area contributed by atoms with Crippen molar-refractivity contribution in [3.8, 4) is 17.3 Å². The largest absolute Gasteiger partial charge is 0.497 e. The second kappa shape index (κ2) is 4.86. The molecule has 0 aliphatic carbocycles. The van der Waals surface area contributed by atoms with Gasteiger partial charge in [0.15, 0.2) is 0 Å². The van der Waals surface area contributed by atoms with Crippen LogP contribution in [0, 0.1) is 0 Å². The molecule has 1 heterocycles. The average Bonchev–Trinajstić information content (AvgIpc) is 2.84. The van der Waals surface area contributed by atoms with Gasteiger partial charge in [0.2, 0.25) is 5.88 Å². The van der Waals surface area contributed by atoms with E-state index >= 15 is 0 Å². The van der Waals surface area contributed by atoms with E-state index in [9.17, 15) is 15.0 Å². The van der Waals surface area contributed by atoms with Crippen molar-refractivity contribution in [3.63, 3.8) is 0 Å². The number of aromatic hydroxyl groups is 1. The molecule has 5 nitrogen and oxygen atoms in total. The number of carboxylic acid groups (broad SMARTS) is 1. The van der Waals surface area contributed by atoms with E-state index in [0.717, 1.165) is 5.69 Å². The van der Waals surface area contributed by atoms with Crippen LogP contribution in [0.25, 0.3) is 16.5 Å². The van der Waals surface area contributed by atoms with Crippen LogP contribution in [0.15, 0.2) is 48.7 Å². The minimum atomic E-state index is -1.07. The van der Waals surface area contributed by atoms with Gasteiger partial charge in [0.05, 0.1) is 18.1 Å². The predicted molar refractivity (Wildman–Crippen MR) is 78.5 cm³/mol. The fourth-order valence-electron chi connectivity index (χ4n) is 2.37. The SMILES string of the molecule is COc1ccc(-n2cc3cccc(C(=O)O)c3c2O)cc1. The fourth-order valence-corrected chi connectivity index (χ4v) is 2.37. The van der Waals surface area contributed by atoms with Crippen LogP contribution in [0.3, 0.4) is 0 Å². The Morgan fingerprint density at radius 1 is 1.14 bits per heavy atom. The highest BCUT2D eigenvalue weighted by Crippen LogP contribution is 2.33. The first-order valence-electron chi connectivity index (χ1n) is 6.32. The van der Waals surface area contributed by atoms with E-state index in [2.05, 4.69) is 0 Å². The molecule has 106 valence electrons. The van der Waals surface area contributed by atoms with E-state index in [4.69, 9.17) is 4.74 Å². The number of nitrogens with zero attached hydrogens (tertiary/aromatic N) is 1. The van der Waals surface area contributed by atoms with Gasteiger partial charge in [-0.15, -0.1) is 0 Å². The van der Waals surface area contributed by atoms with Crippen LogP contribution in [-0.2, 0) is 0 Å². The molecule has 5 heteroatoms. The van der Waals surface area contributed by atoms with Gasteiger partial charge in [-0.3, -0.25) is 4.57 Å². The molecule has 0 radical (unpaired) electrons. The predicted octanol–water partition coefficient (Wildman–Crippen LogP) is 3.04. The van der Waals surface area contributed by atoms with E-state index in [-0.39, 0.29) is 11.4 Å². The van der Waals surface area contributed by atoms with Crippen LogP contribution in [0.1, 0.15) is 10.4 Å². The van der Waals surface area contributed by atoms with Gasteiger partial charge >= 0.3 is 5.97 Å². The molecule has 3 rings (SSSR count). The van der Waals surface area contributed by atoms with Crippen LogP contribution in [0.2, 0.25) is 0 Å². The molecule has 2 aromatic carbocycles. The summed E-state index contributed by atoms with van der Waals surface area (Å²) in [5, 5.41) is 20.6. The lowest BCUT2D eigenvalue weighted by Crippen LogP contribution is -1.96. The fraction of sp³-hybridized carbons (Fsp3) is 0.0625. The number of fused-ring (bicyclic) bond motifs is 1. The molecule has 1 aromatic heterocycles. The third-order valence-corrected chi connectivity index (χ3v) is 3.40. The summed E-state index contributed by atoms with van der Waals surface area (Å²) in [4.78, 5) is 11.3. The highest BCUT2D eigenvalue weighted by atomic mass is 16.5. The van der Waals surface area contributed by atoms with Gasteiger partial charge in [-0.2, -0.15) is 0 Å². The molecule has 0 aliphatic rings. The van der Waals surface area contributed by atoms with Gasteiger partial charge in [-0.1, -0.05) is 12.1 Å². The molecule has 0 amide bonds. The Kier molecular flexibility index (Phi) is 3.02. The van der Waals surface area contributed by atoms with Crippen LogP contribution < -0.4 is 4.74 Å². The lowest BCUT2D eigenvalue weighted by atomic mass is 10.1. The molecule has 0 aliphatic heterocycles. The average molecular weight is 283 g/mol. The number of ether oxygens (including phenoxy) is 1. The van der Waals surface area contributed by atoms with Crippen LogP contribution in [-0.4, -0.2) is 27.9 Å². The Morgan fingerprint density at radius 2 is 1.86 bits per heavy atom. The molecule has 21 heavy (non-hydrogen) atoms. The molecular weight excluding hydrogens is 270 g/mol. The van der Waals surface area contributed by atoms with Gasteiger partial charge in [-0.05, 0) is 30.3 Å². The minimum Gasteiger partial charge on any atom is -0.497 e. The number of aromatic carboxylic acids is 1. The summed E-state index contributed by atoms with van der Waals surface area (Å²) in [7, 11) is 1.58. The Morgan fingerprint density at radius 3 is 2.48 bits per heavy atom. The summed E-state index contributed by atoms with van der Waals surface area (Å²) in [5.41, 5.74) is 0.804. The van der Waals surface area contributed by atoms with E-state index in [1.54, 1.807) is 54.3 Å². The smallest absolute Gasteiger partial charge is 0.336 e. The topological polar surface area (TPSA) is 71.7 Å². The third-order valence-electron chi connectivity index (χ3n) is 3.40. The quantitative estimate of drug-likeness (QED) is 0.775. The zero-order valence-electron chi connectivity index (χ0n) is 11.3. The number of hydrogen-bond donors (Lipinski definition) is 2. The molecule has 0 saturated carbocycles. The summed E-state index contributed by atoms with van der Waals surface area (Å²) >= 11 is 0. The second-order valence-corrected chi connectivity index (χ2v) is 4.60. The molecule has 0 atom stereocenters. The molecule has 0 unspecified atom stereocenters. The van der Waals surface area contributed by atoms with Crippen LogP contribution >= 0.6 is 0 Å². The summed E-state index contributed by atoms with van der Waals surface area (Å²) in [6, 6.07) is 12.0. The highest BCUT2D eigenvalue weighted by Gasteiger charge is 2.16. The summed E-state index contributed by atoms with van der Waals surface area (Å²) < 4.78 is 6.65. The van der Waals surface area contributed by atoms with E-state index < -0.39 is 5.97 Å². The number of rotatable bonds is 3. The second-order valence-electron chi connectivity index (χ2n) is 4.60. The van der Waals surface area contributed by atoms with Crippen molar-refractivity contribution in [1.82, 2.24) is 4.57 Å². The molecular formula is C16H13NO4. The Labute approximate surface area is 120 Å². The number of aromatic nitrogens is 1. The maximum absolute atomic E-state index is 11.3. The van der Waals surface area contributed by atoms with Crippen molar-refractivity contribution < 1.29 is 19.7 Å². The zero-order chi connectivity index (χ0) is 15.0. The van der Waals surface area contributed by atoms with Gasteiger partial charge in [0.1, 0.15) is 5.75 Å². The molecule has 0 bridgehead atoms. The Bertz CT molecular complexity index is 818. The lowest BCUT2D eigenvalue weighted by Gasteiger charge is -2.06. The molecule has 3 aromatic rings. The van der Waals surface area contributed by atoms with E-state index in [1.165, 1.54) is 6.07 Å². The number of benzene rings is 2. The lowest BCUT2D eigenvalue weighted by molar-refractivity contribution is 0.0698. The van der Waals surface area contributed by atoms with E-state index in [0.29, 0.717) is 16.5 Å². The zero-order valence-corrected chi connectivity index (χ0v) is 11.3. The number of carbonyl (C=O) groups is 1. The van der Waals surface area contributed by atoms with Crippen molar-refractivity contribution in [3.05, 3.63) is 54.2 Å². The first kappa shape index (κ1) is 13.1. The maximum Gasteiger partial charge on any atom is 0.336 e. The summed E-state index contributed by atoms with van der Waals surface area (Å²) in [6.45, 7) is 0. The van der Waals surface area contributed by atoms with Crippen molar-refractivity contribution in [2.75, 3.05) is 7.11 Å². The molecule has 0 fully saturated rings. The minimum absolute atomic E-state index is 0.0808. The molecule has 0 saturated heterocycles. The van der Waals surface area contributed by atoms with Gasteiger partial charge < -0.3 is 14.9 Å². The molecule has 2 N–H and O–H groups in total.